The number of amides is 1. The Kier molecular flexibility index (Phi) is 6.15. The van der Waals surface area contributed by atoms with E-state index >= 15 is 0 Å². The van der Waals surface area contributed by atoms with Crippen molar-refractivity contribution in [3.8, 4) is 5.75 Å². The fraction of sp³-hybridized carbons (Fsp3) is 0.533. The first-order valence-corrected chi connectivity index (χ1v) is 7.85. The topological polar surface area (TPSA) is 49.8 Å². The molecule has 4 nitrogen and oxygen atoms in total. The first kappa shape index (κ1) is 16.4. The number of aliphatic hydroxyl groups is 1. The number of rotatable bonds is 6. The van der Waals surface area contributed by atoms with Gasteiger partial charge < -0.3 is 14.7 Å². The highest BCUT2D eigenvalue weighted by Gasteiger charge is 2.26. The molecule has 1 aliphatic carbocycles. The van der Waals surface area contributed by atoms with Crippen LogP contribution in [0.5, 0.6) is 5.75 Å². The average molecular weight is 332 g/mol. The Labute approximate surface area is 134 Å². The molecule has 21 heavy (non-hydrogen) atoms. The van der Waals surface area contributed by atoms with E-state index in [1.165, 1.54) is 0 Å². The summed E-state index contributed by atoms with van der Waals surface area (Å²) in [6.45, 7) is 0.262. The lowest BCUT2D eigenvalue weighted by Crippen LogP contribution is -2.43. The van der Waals surface area contributed by atoms with Gasteiger partial charge in [0.1, 0.15) is 5.75 Å². The van der Waals surface area contributed by atoms with Gasteiger partial charge in [0.2, 0.25) is 0 Å². The van der Waals surface area contributed by atoms with Crippen molar-refractivity contribution < 1.29 is 14.6 Å². The van der Waals surface area contributed by atoms with E-state index in [0.29, 0.717) is 22.3 Å². The van der Waals surface area contributed by atoms with Gasteiger partial charge in [-0.15, -0.1) is 0 Å². The minimum absolute atomic E-state index is 0.0327. The second-order valence-electron chi connectivity index (χ2n) is 5.11. The zero-order valence-corrected chi connectivity index (χ0v) is 13.2. The first-order valence-electron chi connectivity index (χ1n) is 7.10. The van der Waals surface area contributed by atoms with Gasteiger partial charge in [0.25, 0.3) is 5.91 Å². The molecule has 1 aliphatic rings. The number of aliphatic hydroxyl groups excluding tert-OH is 1. The largest absolute Gasteiger partial charge is 0.484 e. The Balaban J connectivity index is 1.93. The van der Waals surface area contributed by atoms with Gasteiger partial charge in [-0.3, -0.25) is 4.79 Å². The normalized spacial score (nSPS) is 15.2. The molecule has 1 amide bonds. The lowest BCUT2D eigenvalue weighted by Gasteiger charge is -2.28. The highest BCUT2D eigenvalue weighted by Crippen LogP contribution is 2.27. The van der Waals surface area contributed by atoms with Crippen molar-refractivity contribution in [1.82, 2.24) is 4.90 Å². The van der Waals surface area contributed by atoms with Crippen LogP contribution in [0, 0.1) is 0 Å². The minimum atomic E-state index is -0.109. The molecule has 0 atom stereocenters. The van der Waals surface area contributed by atoms with Crippen LogP contribution in [0.25, 0.3) is 0 Å². The van der Waals surface area contributed by atoms with E-state index in [1.807, 2.05) is 0 Å². The summed E-state index contributed by atoms with van der Waals surface area (Å²) < 4.78 is 5.47. The van der Waals surface area contributed by atoms with Crippen LogP contribution in [0.2, 0.25) is 10.0 Å². The maximum Gasteiger partial charge on any atom is 0.260 e. The molecule has 0 bridgehead atoms. The summed E-state index contributed by atoms with van der Waals surface area (Å²) >= 11 is 11.7. The summed E-state index contributed by atoms with van der Waals surface area (Å²) in [5, 5.41) is 9.97. The average Bonchev–Trinajstić information content (AvgIpc) is 2.99. The standard InChI is InChI=1S/C15H19Cl2NO3/c16-13-6-5-12(9-14(13)17)21-10-15(20)18(7-8-19)11-3-1-2-4-11/h5-6,9,11,19H,1-4,7-8,10H2. The molecule has 1 N–H and O–H groups in total. The lowest BCUT2D eigenvalue weighted by atomic mass is 10.2. The molecule has 1 aromatic rings. The third-order valence-corrected chi connectivity index (χ3v) is 4.42. The SMILES string of the molecule is O=C(COc1ccc(Cl)c(Cl)c1)N(CCO)C1CCCC1. The van der Waals surface area contributed by atoms with Gasteiger partial charge in [-0.05, 0) is 25.0 Å². The van der Waals surface area contributed by atoms with E-state index < -0.39 is 0 Å². The van der Waals surface area contributed by atoms with E-state index in [9.17, 15) is 4.79 Å². The summed E-state index contributed by atoms with van der Waals surface area (Å²) in [6, 6.07) is 5.12. The van der Waals surface area contributed by atoms with Crippen molar-refractivity contribution in [2.45, 2.75) is 31.7 Å². The van der Waals surface area contributed by atoms with Crippen LogP contribution >= 0.6 is 23.2 Å². The molecule has 2 rings (SSSR count). The Morgan fingerprint density at radius 1 is 1.29 bits per heavy atom. The molecule has 6 heteroatoms. The van der Waals surface area contributed by atoms with Crippen molar-refractivity contribution in [3.63, 3.8) is 0 Å². The van der Waals surface area contributed by atoms with E-state index in [0.717, 1.165) is 25.7 Å². The summed E-state index contributed by atoms with van der Waals surface area (Å²) in [5.41, 5.74) is 0. The van der Waals surface area contributed by atoms with Gasteiger partial charge in [-0.2, -0.15) is 0 Å². The number of benzene rings is 1. The third-order valence-electron chi connectivity index (χ3n) is 3.68. The third kappa shape index (κ3) is 4.50. The number of carbonyl (C=O) groups excluding carboxylic acids is 1. The van der Waals surface area contributed by atoms with Crippen LogP contribution < -0.4 is 4.74 Å². The Hall–Kier alpha value is -0.970. The number of hydrogen-bond donors (Lipinski definition) is 1. The number of ether oxygens (including phenoxy) is 1. The predicted octanol–water partition coefficient (Wildman–Crippen LogP) is 3.14. The van der Waals surface area contributed by atoms with Crippen LogP contribution in [0.4, 0.5) is 0 Å². The van der Waals surface area contributed by atoms with Gasteiger partial charge in [0.05, 0.1) is 16.7 Å². The molecule has 0 unspecified atom stereocenters. The molecular formula is C15H19Cl2NO3. The number of halogens is 2. The monoisotopic (exact) mass is 331 g/mol. The smallest absolute Gasteiger partial charge is 0.260 e. The van der Waals surface area contributed by atoms with Gasteiger partial charge in [0, 0.05) is 18.7 Å². The number of nitrogens with zero attached hydrogens (tertiary/aromatic N) is 1. The maximum absolute atomic E-state index is 12.3. The minimum Gasteiger partial charge on any atom is -0.484 e. The summed E-state index contributed by atoms with van der Waals surface area (Å²) in [4.78, 5) is 14.0. The second-order valence-corrected chi connectivity index (χ2v) is 5.93. The van der Waals surface area contributed by atoms with E-state index in [2.05, 4.69) is 0 Å². The first-order chi connectivity index (χ1) is 10.1. The van der Waals surface area contributed by atoms with Crippen molar-refractivity contribution in [1.29, 1.82) is 0 Å². The highest BCUT2D eigenvalue weighted by molar-refractivity contribution is 6.42. The van der Waals surface area contributed by atoms with Crippen molar-refractivity contribution >= 4 is 29.1 Å². The van der Waals surface area contributed by atoms with Crippen LogP contribution in [0.1, 0.15) is 25.7 Å². The van der Waals surface area contributed by atoms with Gasteiger partial charge in [-0.1, -0.05) is 36.0 Å². The molecule has 0 spiro atoms. The predicted molar refractivity (Wildman–Crippen MR) is 83.0 cm³/mol. The lowest BCUT2D eigenvalue weighted by molar-refractivity contribution is -0.136. The Morgan fingerprint density at radius 2 is 2.00 bits per heavy atom. The summed E-state index contributed by atoms with van der Waals surface area (Å²) in [7, 11) is 0. The van der Waals surface area contributed by atoms with Gasteiger partial charge in [0.15, 0.2) is 6.61 Å². The molecule has 0 aromatic heterocycles. The van der Waals surface area contributed by atoms with Crippen molar-refractivity contribution in [2.75, 3.05) is 19.8 Å². The molecule has 1 fully saturated rings. The van der Waals surface area contributed by atoms with Gasteiger partial charge >= 0.3 is 0 Å². The fourth-order valence-electron chi connectivity index (χ4n) is 2.63. The molecule has 116 valence electrons. The Bertz CT molecular complexity index is 490. The van der Waals surface area contributed by atoms with Gasteiger partial charge in [-0.25, -0.2) is 0 Å². The van der Waals surface area contributed by atoms with E-state index in [1.54, 1.807) is 23.1 Å². The van der Waals surface area contributed by atoms with Crippen molar-refractivity contribution in [3.05, 3.63) is 28.2 Å². The number of carbonyl (C=O) groups is 1. The molecule has 0 radical (unpaired) electrons. The van der Waals surface area contributed by atoms with Crippen LogP contribution in [-0.4, -0.2) is 41.7 Å². The zero-order chi connectivity index (χ0) is 15.2. The van der Waals surface area contributed by atoms with Crippen molar-refractivity contribution in [2.24, 2.45) is 0 Å². The fourth-order valence-corrected chi connectivity index (χ4v) is 2.92. The molecule has 1 aromatic carbocycles. The molecular weight excluding hydrogens is 313 g/mol. The number of hydrogen-bond acceptors (Lipinski definition) is 3. The zero-order valence-electron chi connectivity index (χ0n) is 11.7. The molecule has 0 aliphatic heterocycles. The second kappa shape index (κ2) is 7.87. The molecule has 0 heterocycles. The molecule has 1 saturated carbocycles. The van der Waals surface area contributed by atoms with E-state index in [4.69, 9.17) is 33.0 Å². The quantitative estimate of drug-likeness (QED) is 0.871. The van der Waals surface area contributed by atoms with Crippen LogP contribution in [0.3, 0.4) is 0 Å². The van der Waals surface area contributed by atoms with Crippen LogP contribution in [-0.2, 0) is 4.79 Å². The van der Waals surface area contributed by atoms with E-state index in [-0.39, 0.29) is 25.2 Å². The van der Waals surface area contributed by atoms with Crippen LogP contribution in [0.15, 0.2) is 18.2 Å². The summed E-state index contributed by atoms with van der Waals surface area (Å²) in [6.07, 6.45) is 4.26. The highest BCUT2D eigenvalue weighted by atomic mass is 35.5. The summed E-state index contributed by atoms with van der Waals surface area (Å²) in [5.74, 6) is 0.398. The molecule has 0 saturated heterocycles. The maximum atomic E-state index is 12.3. The Morgan fingerprint density at radius 3 is 2.62 bits per heavy atom.